The molecule has 3 aromatic carbocycles. The number of amides is 5. The average Bonchev–Trinajstić information content (AvgIpc) is 2.09. The molecule has 0 fully saturated rings. The number of hydrogen-bond acceptors (Lipinski definition) is 23. The van der Waals surface area contributed by atoms with Crippen molar-refractivity contribution in [1.29, 1.82) is 5.41 Å². The van der Waals surface area contributed by atoms with Crippen molar-refractivity contribution >= 4 is 103 Å². The van der Waals surface area contributed by atoms with Crippen molar-refractivity contribution in [2.45, 2.75) is 87.6 Å². The molecule has 85 heavy (non-hydrogen) atoms. The lowest BCUT2D eigenvalue weighted by Crippen LogP contribution is -2.56. The van der Waals surface area contributed by atoms with Crippen LogP contribution in [0, 0.1) is 11.3 Å². The van der Waals surface area contributed by atoms with Crippen LogP contribution in [0.3, 0.4) is 0 Å². The standard InChI is InChI=1S/C54H66N12O16S3/c1-27(10-16-41(70)58-23-39(68)44(72)45(73)40(69)24-67)48(74)63-37(22-60-54(81)83-25-35-33-8-4-2-6-31(33)32-7-3-5-9-34(32)35)50(76)64-38(52(79)80)26-85-84-19-18-82-42(71)17-15-36(51(77)78)62-49(75)28-11-13-29(14-12-28)57-20-30-21-59-47-43(61-30)46(55)65-53(56)66-47/h2-9,11-14,21,27,35-40,44-45,57,67-69,72-73H,10,15-20,22-26H2,1H3,(H,58,70)(H,60,81)(H,62,75)(H,63,74)(H,64,76)(H,77,78)(H,79,80)(H4,55,56,59,65,66)/t27-,36-,37-,38-,39-,40+,44+,45+/m0/s1. The maximum Gasteiger partial charge on any atom is 0.327 e. The number of carboxylic acid groups (broad SMARTS) is 2. The van der Waals surface area contributed by atoms with Crippen LogP contribution < -0.4 is 43.1 Å². The molecule has 0 saturated heterocycles. The van der Waals surface area contributed by atoms with E-state index >= 15 is 0 Å². The summed E-state index contributed by atoms with van der Waals surface area (Å²) in [5.41, 5.74) is 11.4. The average molecular weight is 1240 g/mol. The first kappa shape index (κ1) is 66.2. The van der Waals surface area contributed by atoms with Crippen molar-refractivity contribution in [3.05, 3.63) is 107 Å². The number of esters is 1. The number of aliphatic hydroxyl groups excluding tert-OH is 5. The van der Waals surface area contributed by atoms with Gasteiger partial charge in [-0.15, -0.1) is 0 Å². The van der Waals surface area contributed by atoms with E-state index in [1.807, 2.05) is 48.5 Å². The minimum absolute atomic E-state index is 0.0283. The second kappa shape index (κ2) is 32.4. The smallest absolute Gasteiger partial charge is 0.327 e. The molecule has 0 spiro atoms. The number of aromatic nitrogens is 4. The molecule has 6 rings (SSSR count). The van der Waals surface area contributed by atoms with E-state index in [9.17, 15) is 69.0 Å². The fourth-order valence-corrected chi connectivity index (χ4v) is 11.3. The monoisotopic (exact) mass is 1230 g/mol. The van der Waals surface area contributed by atoms with Crippen LogP contribution in [0.25, 0.3) is 22.3 Å². The van der Waals surface area contributed by atoms with E-state index in [1.54, 1.807) is 12.1 Å². The number of H-pyrrole nitrogens is 1. The Balaban J connectivity index is 0.944. The summed E-state index contributed by atoms with van der Waals surface area (Å²) >= 11 is 0.958. The van der Waals surface area contributed by atoms with Gasteiger partial charge in [0.2, 0.25) is 23.7 Å². The van der Waals surface area contributed by atoms with Gasteiger partial charge in [0.1, 0.15) is 43.0 Å². The summed E-state index contributed by atoms with van der Waals surface area (Å²) in [7, 11) is 2.11. The minimum atomic E-state index is -1.92. The third-order valence-corrected chi connectivity index (χ3v) is 16.5. The van der Waals surface area contributed by atoms with Crippen LogP contribution in [0.5, 0.6) is 0 Å². The van der Waals surface area contributed by atoms with Crippen molar-refractivity contribution in [2.75, 3.05) is 54.6 Å². The van der Waals surface area contributed by atoms with Gasteiger partial charge in [0.15, 0.2) is 16.7 Å². The van der Waals surface area contributed by atoms with Crippen LogP contribution in [0.2, 0.25) is 0 Å². The Hall–Kier alpha value is -7.91. The third-order valence-electron chi connectivity index (χ3n) is 13.3. The highest BCUT2D eigenvalue weighted by Gasteiger charge is 2.33. The summed E-state index contributed by atoms with van der Waals surface area (Å²) in [5, 5.41) is 91.4. The Morgan fingerprint density at radius 2 is 1.40 bits per heavy atom. The van der Waals surface area contributed by atoms with Gasteiger partial charge in [0, 0.05) is 66.3 Å². The van der Waals surface area contributed by atoms with Crippen LogP contribution in [-0.2, 0) is 40.0 Å². The Bertz CT molecular complexity index is 3190. The van der Waals surface area contributed by atoms with Gasteiger partial charge in [0.05, 0.1) is 31.1 Å². The zero-order chi connectivity index (χ0) is 61.7. The van der Waals surface area contributed by atoms with Crippen LogP contribution in [0.15, 0.2) is 79.0 Å². The van der Waals surface area contributed by atoms with E-state index in [0.29, 0.717) is 17.1 Å². The van der Waals surface area contributed by atoms with E-state index < -0.39 is 115 Å². The SMILES string of the molecule is C[C@@H](CCC(=O)NC[C@H](O)[C@@H](O)[C@H](O)[C@H](O)CO)C(=O)N[C@@H](CNC(=O)SCC1c2ccccc2-c2ccccc21)C(=O)N[C@@H](CSSCCOC(=O)CC[C@H](NC(=O)c1ccc(NCc2cnc3nc(N)[nH]c(=N)c3n2)cc1)C(=O)O)C(=O)O. The topological polar surface area (TPSA) is 464 Å². The lowest BCUT2D eigenvalue weighted by molar-refractivity contribution is -0.144. The normalized spacial score (nSPS) is 14.6. The number of anilines is 2. The van der Waals surface area contributed by atoms with E-state index in [1.165, 1.54) is 25.3 Å². The summed E-state index contributed by atoms with van der Waals surface area (Å²) in [4.78, 5) is 118. The zero-order valence-corrected chi connectivity index (χ0v) is 48.1. The van der Waals surface area contributed by atoms with Crippen molar-refractivity contribution in [3.8, 4) is 11.1 Å². The largest absolute Gasteiger partial charge is 0.480 e. The van der Waals surface area contributed by atoms with E-state index in [0.717, 1.165) is 55.6 Å². The van der Waals surface area contributed by atoms with Crippen molar-refractivity contribution < 1.29 is 78.8 Å². The maximum absolute atomic E-state index is 13.8. The highest BCUT2D eigenvalue weighted by molar-refractivity contribution is 8.76. The van der Waals surface area contributed by atoms with Gasteiger partial charge < -0.3 is 83.1 Å². The lowest BCUT2D eigenvalue weighted by Gasteiger charge is -2.25. The van der Waals surface area contributed by atoms with Crippen LogP contribution in [0.1, 0.15) is 65.7 Å². The van der Waals surface area contributed by atoms with E-state index in [4.69, 9.17) is 21.0 Å². The number of fused-ring (bicyclic) bond motifs is 4. The molecular weight excluding hydrogens is 1170 g/mol. The molecule has 1 aliphatic rings. The number of aromatic amines is 1. The highest BCUT2D eigenvalue weighted by Crippen LogP contribution is 2.45. The number of nitrogens with two attached hydrogens (primary N) is 1. The number of aliphatic carboxylic acids is 2. The number of thioether (sulfide) groups is 1. The van der Waals surface area contributed by atoms with Crippen molar-refractivity contribution in [2.24, 2.45) is 5.92 Å². The molecule has 456 valence electrons. The number of nitrogens with one attached hydrogen (secondary N) is 8. The van der Waals surface area contributed by atoms with Gasteiger partial charge >= 0.3 is 17.9 Å². The van der Waals surface area contributed by atoms with Crippen LogP contribution in [-0.4, -0.2) is 189 Å². The number of carbonyl (C=O) groups excluding carboxylic acids is 6. The molecule has 0 aliphatic heterocycles. The van der Waals surface area contributed by atoms with Gasteiger partial charge in [-0.2, -0.15) is 4.98 Å². The minimum Gasteiger partial charge on any atom is -0.480 e. The number of aliphatic hydroxyl groups is 5. The van der Waals surface area contributed by atoms with Crippen molar-refractivity contribution in [3.63, 3.8) is 0 Å². The molecule has 5 aromatic rings. The molecule has 2 aromatic heterocycles. The van der Waals surface area contributed by atoms with Crippen LogP contribution >= 0.6 is 33.3 Å². The van der Waals surface area contributed by atoms with Gasteiger partial charge in [-0.3, -0.25) is 34.2 Å². The first-order valence-electron chi connectivity index (χ1n) is 26.5. The molecular formula is C54H66N12O16S3. The summed E-state index contributed by atoms with van der Waals surface area (Å²) in [5.74, 6) is -7.43. The molecule has 0 bridgehead atoms. The molecule has 31 heteroatoms. The van der Waals surface area contributed by atoms with E-state index in [-0.39, 0.29) is 84.4 Å². The Kier molecular flexibility index (Phi) is 25.2. The molecule has 28 nitrogen and oxygen atoms in total. The summed E-state index contributed by atoms with van der Waals surface area (Å²) in [6.45, 7) is -0.416. The quantitative estimate of drug-likeness (QED) is 0.0151. The second-order valence-electron chi connectivity index (χ2n) is 19.4. The summed E-state index contributed by atoms with van der Waals surface area (Å²) in [6.07, 6.45) is -6.89. The highest BCUT2D eigenvalue weighted by atomic mass is 33.1. The maximum atomic E-state index is 13.8. The lowest BCUT2D eigenvalue weighted by atomic mass is 9.99. The molecule has 1 aliphatic carbocycles. The first-order chi connectivity index (χ1) is 40.6. The Labute approximate surface area is 497 Å². The number of rotatable bonds is 33. The summed E-state index contributed by atoms with van der Waals surface area (Å²) in [6, 6.07) is 17.3. The first-order valence-corrected chi connectivity index (χ1v) is 30.0. The molecule has 0 saturated carbocycles. The third kappa shape index (κ3) is 19.6. The molecule has 2 heterocycles. The van der Waals surface area contributed by atoms with Gasteiger partial charge in [-0.05, 0) is 59.4 Å². The van der Waals surface area contributed by atoms with E-state index in [2.05, 4.69) is 51.8 Å². The summed E-state index contributed by atoms with van der Waals surface area (Å²) < 4.78 is 5.23. The van der Waals surface area contributed by atoms with Gasteiger partial charge in [0.25, 0.3) is 11.1 Å². The number of ether oxygens (including phenoxy) is 1. The molecule has 17 N–H and O–H groups in total. The van der Waals surface area contributed by atoms with Gasteiger partial charge in [-0.1, -0.05) is 88.8 Å². The Morgan fingerprint density at radius 3 is 2.06 bits per heavy atom. The second-order valence-corrected chi connectivity index (χ2v) is 23.0. The molecule has 0 unspecified atom stereocenters. The molecule has 5 amide bonds. The Morgan fingerprint density at radius 1 is 0.753 bits per heavy atom. The fraction of sp³-hybridized carbons (Fsp3) is 0.407. The van der Waals surface area contributed by atoms with Crippen molar-refractivity contribution in [1.82, 2.24) is 46.5 Å². The zero-order valence-electron chi connectivity index (χ0n) is 45.6. The number of hydrogen-bond donors (Lipinski definition) is 16. The fourth-order valence-electron chi connectivity index (χ4n) is 8.49. The number of carbonyl (C=O) groups is 8. The molecule has 8 atom stereocenters. The number of nitrogen functional groups attached to an aromatic ring is 1. The predicted molar refractivity (Wildman–Crippen MR) is 313 cm³/mol. The molecule has 0 radical (unpaired) electrons. The number of nitrogens with zero attached hydrogens (tertiary/aromatic N) is 3. The van der Waals surface area contributed by atoms with Crippen LogP contribution in [0.4, 0.5) is 16.4 Å². The predicted octanol–water partition coefficient (Wildman–Crippen LogP) is 0.192. The van der Waals surface area contributed by atoms with Gasteiger partial charge in [-0.25, -0.2) is 19.6 Å². The number of benzene rings is 3. The number of carboxylic acids is 2.